The fourth-order valence-electron chi connectivity index (χ4n) is 2.98. The molecule has 0 aliphatic heterocycles. The summed E-state index contributed by atoms with van der Waals surface area (Å²) in [4.78, 5) is 20.9. The number of hydrogen-bond donors (Lipinski definition) is 1. The van der Waals surface area contributed by atoms with Gasteiger partial charge in [-0.1, -0.05) is 24.3 Å². The van der Waals surface area contributed by atoms with Crippen molar-refractivity contribution in [2.45, 2.75) is 18.9 Å². The third kappa shape index (κ3) is 2.61. The van der Waals surface area contributed by atoms with Crippen LogP contribution in [0.5, 0.6) is 0 Å². The van der Waals surface area contributed by atoms with E-state index in [4.69, 9.17) is 9.40 Å². The molecule has 4 aromatic rings. The van der Waals surface area contributed by atoms with E-state index in [2.05, 4.69) is 21.7 Å². The second kappa shape index (κ2) is 5.81. The minimum Gasteiger partial charge on any atom is -0.406 e. The van der Waals surface area contributed by atoms with Crippen molar-refractivity contribution >= 4 is 27.7 Å². The summed E-state index contributed by atoms with van der Waals surface area (Å²) >= 11 is 1.62. The Morgan fingerprint density at radius 3 is 2.88 bits per heavy atom. The zero-order valence-electron chi connectivity index (χ0n) is 14.1. The molecule has 0 amide bonds. The van der Waals surface area contributed by atoms with Crippen molar-refractivity contribution in [1.29, 1.82) is 0 Å². The minimum absolute atomic E-state index is 0.409. The van der Waals surface area contributed by atoms with E-state index in [1.165, 1.54) is 17.4 Å². The SMILES string of the molecule is Cn1c(=O)oc2cc(-c3ccccc3-c3csc(NC4CC4)n3)cnc21. The number of anilines is 1. The summed E-state index contributed by atoms with van der Waals surface area (Å²) < 4.78 is 6.69. The zero-order chi connectivity index (χ0) is 17.7. The lowest BCUT2D eigenvalue weighted by molar-refractivity contribution is 0.528. The van der Waals surface area contributed by atoms with Gasteiger partial charge in [0.05, 0.1) is 5.69 Å². The van der Waals surface area contributed by atoms with Gasteiger partial charge in [-0.15, -0.1) is 11.3 Å². The standard InChI is InChI=1S/C19H16N4O2S/c1-23-17-16(25-19(23)24)8-11(9-20-17)13-4-2-3-5-14(13)15-10-26-18(22-15)21-12-6-7-12/h2-5,8-10,12H,6-7H2,1H3,(H,21,22). The molecular formula is C19H16N4O2S. The maximum atomic E-state index is 11.7. The molecule has 0 saturated heterocycles. The third-order valence-electron chi connectivity index (χ3n) is 4.54. The van der Waals surface area contributed by atoms with Crippen LogP contribution in [0.3, 0.4) is 0 Å². The lowest BCUT2D eigenvalue weighted by Gasteiger charge is -2.07. The predicted octanol–water partition coefficient (Wildman–Crippen LogP) is 3.89. The molecule has 3 aromatic heterocycles. The van der Waals surface area contributed by atoms with E-state index >= 15 is 0 Å². The Morgan fingerprint density at radius 1 is 1.27 bits per heavy atom. The molecule has 6 nitrogen and oxygen atoms in total. The van der Waals surface area contributed by atoms with Gasteiger partial charge in [-0.25, -0.2) is 14.8 Å². The van der Waals surface area contributed by atoms with Gasteiger partial charge in [0, 0.05) is 35.8 Å². The number of benzene rings is 1. The second-order valence-corrected chi connectivity index (χ2v) is 7.33. The Morgan fingerprint density at radius 2 is 2.08 bits per heavy atom. The van der Waals surface area contributed by atoms with Crippen LogP contribution in [-0.2, 0) is 7.05 Å². The van der Waals surface area contributed by atoms with Crippen LogP contribution in [0.25, 0.3) is 33.6 Å². The van der Waals surface area contributed by atoms with Crippen LogP contribution in [-0.4, -0.2) is 20.6 Å². The van der Waals surface area contributed by atoms with Crippen molar-refractivity contribution in [3.63, 3.8) is 0 Å². The fraction of sp³-hybridized carbons (Fsp3) is 0.211. The van der Waals surface area contributed by atoms with Gasteiger partial charge in [0.25, 0.3) is 0 Å². The molecule has 0 spiro atoms. The molecule has 1 aliphatic carbocycles. The minimum atomic E-state index is -0.409. The Bertz CT molecular complexity index is 1170. The number of nitrogens with zero attached hydrogens (tertiary/aromatic N) is 3. The van der Waals surface area contributed by atoms with E-state index in [9.17, 15) is 4.79 Å². The molecule has 7 heteroatoms. The average molecular weight is 364 g/mol. The maximum absolute atomic E-state index is 11.7. The smallest absolute Gasteiger partial charge is 0.406 e. The van der Waals surface area contributed by atoms with Crippen LogP contribution in [0, 0.1) is 0 Å². The molecule has 5 rings (SSSR count). The van der Waals surface area contributed by atoms with Crippen molar-refractivity contribution < 1.29 is 4.42 Å². The molecule has 26 heavy (non-hydrogen) atoms. The van der Waals surface area contributed by atoms with E-state index in [-0.39, 0.29) is 0 Å². The van der Waals surface area contributed by atoms with Crippen molar-refractivity contribution in [1.82, 2.24) is 14.5 Å². The van der Waals surface area contributed by atoms with Crippen molar-refractivity contribution in [3.8, 4) is 22.4 Å². The van der Waals surface area contributed by atoms with Gasteiger partial charge in [-0.2, -0.15) is 0 Å². The van der Waals surface area contributed by atoms with E-state index in [0.29, 0.717) is 17.3 Å². The van der Waals surface area contributed by atoms with Crippen molar-refractivity contribution in [2.24, 2.45) is 7.05 Å². The fourth-order valence-corrected chi connectivity index (χ4v) is 3.77. The lowest BCUT2D eigenvalue weighted by atomic mass is 9.99. The summed E-state index contributed by atoms with van der Waals surface area (Å²) in [5, 5.41) is 6.47. The highest BCUT2D eigenvalue weighted by molar-refractivity contribution is 7.14. The van der Waals surface area contributed by atoms with Gasteiger partial charge in [-0.05, 0) is 24.5 Å². The number of hydrogen-bond acceptors (Lipinski definition) is 6. The molecule has 1 N–H and O–H groups in total. The van der Waals surface area contributed by atoms with Crippen LogP contribution >= 0.6 is 11.3 Å². The number of pyridine rings is 1. The maximum Gasteiger partial charge on any atom is 0.420 e. The lowest BCUT2D eigenvalue weighted by Crippen LogP contribution is -2.08. The quantitative estimate of drug-likeness (QED) is 0.595. The molecule has 3 heterocycles. The van der Waals surface area contributed by atoms with Crippen LogP contribution in [0.2, 0.25) is 0 Å². The summed E-state index contributed by atoms with van der Waals surface area (Å²) in [6, 6.07) is 10.5. The van der Waals surface area contributed by atoms with E-state index < -0.39 is 5.76 Å². The first kappa shape index (κ1) is 15.3. The average Bonchev–Trinajstić information content (AvgIpc) is 3.27. The number of aryl methyl sites for hydroxylation is 1. The molecule has 130 valence electrons. The normalized spacial score (nSPS) is 14.0. The largest absolute Gasteiger partial charge is 0.420 e. The van der Waals surface area contributed by atoms with Crippen molar-refractivity contribution in [3.05, 3.63) is 52.5 Å². The molecule has 0 radical (unpaired) electrons. The van der Waals surface area contributed by atoms with Gasteiger partial charge in [0.15, 0.2) is 16.4 Å². The molecule has 1 fully saturated rings. The number of rotatable bonds is 4. The van der Waals surface area contributed by atoms with E-state index in [1.54, 1.807) is 24.6 Å². The second-order valence-electron chi connectivity index (χ2n) is 6.47. The van der Waals surface area contributed by atoms with E-state index in [0.717, 1.165) is 27.5 Å². The van der Waals surface area contributed by atoms with Crippen LogP contribution in [0.15, 0.2) is 51.1 Å². The van der Waals surface area contributed by atoms with Crippen LogP contribution in [0.1, 0.15) is 12.8 Å². The Kier molecular flexibility index (Phi) is 3.43. The number of fused-ring (bicyclic) bond motifs is 1. The number of oxazole rings is 1. The summed E-state index contributed by atoms with van der Waals surface area (Å²) in [6.45, 7) is 0. The highest BCUT2D eigenvalue weighted by Gasteiger charge is 2.22. The Hall–Kier alpha value is -2.93. The van der Waals surface area contributed by atoms with Gasteiger partial charge < -0.3 is 9.73 Å². The summed E-state index contributed by atoms with van der Waals surface area (Å²) in [7, 11) is 1.65. The molecular weight excluding hydrogens is 348 g/mol. The first-order chi connectivity index (χ1) is 12.7. The first-order valence-electron chi connectivity index (χ1n) is 8.46. The topological polar surface area (TPSA) is 73.0 Å². The summed E-state index contributed by atoms with van der Waals surface area (Å²) in [5.41, 5.74) is 4.90. The van der Waals surface area contributed by atoms with Crippen LogP contribution < -0.4 is 11.1 Å². The number of nitrogens with one attached hydrogen (secondary N) is 1. The monoisotopic (exact) mass is 364 g/mol. The number of aromatic nitrogens is 3. The van der Waals surface area contributed by atoms with E-state index in [1.807, 2.05) is 24.3 Å². The summed E-state index contributed by atoms with van der Waals surface area (Å²) in [5.74, 6) is -0.409. The van der Waals surface area contributed by atoms with Crippen molar-refractivity contribution in [2.75, 3.05) is 5.32 Å². The molecule has 0 bridgehead atoms. The number of thiazole rings is 1. The molecule has 0 atom stereocenters. The highest BCUT2D eigenvalue weighted by Crippen LogP contribution is 2.35. The first-order valence-corrected chi connectivity index (χ1v) is 9.34. The van der Waals surface area contributed by atoms with Gasteiger partial charge in [0.1, 0.15) is 0 Å². The highest BCUT2D eigenvalue weighted by atomic mass is 32.1. The Labute approximate surface area is 153 Å². The van der Waals surface area contributed by atoms with Gasteiger partial charge in [0.2, 0.25) is 0 Å². The van der Waals surface area contributed by atoms with Crippen LogP contribution in [0.4, 0.5) is 5.13 Å². The van der Waals surface area contributed by atoms with Gasteiger partial charge in [-0.3, -0.25) is 4.57 Å². The molecule has 0 unspecified atom stereocenters. The summed E-state index contributed by atoms with van der Waals surface area (Å²) in [6.07, 6.45) is 4.21. The molecule has 1 aliphatic rings. The zero-order valence-corrected chi connectivity index (χ0v) is 14.9. The third-order valence-corrected chi connectivity index (χ3v) is 5.32. The molecule has 1 aromatic carbocycles. The van der Waals surface area contributed by atoms with Gasteiger partial charge >= 0.3 is 5.76 Å². The predicted molar refractivity (Wildman–Crippen MR) is 102 cm³/mol. The Balaban J connectivity index is 1.59. The molecule has 1 saturated carbocycles.